The molecule has 0 radical (unpaired) electrons. The fourth-order valence-corrected chi connectivity index (χ4v) is 4.00. The number of carbonyl (C=O) groups excluding carboxylic acids is 3. The zero-order chi connectivity index (χ0) is 23.3. The highest BCUT2D eigenvalue weighted by Gasteiger charge is 2.28. The molecule has 170 valence electrons. The van der Waals surface area contributed by atoms with Gasteiger partial charge in [-0.1, -0.05) is 18.2 Å². The summed E-state index contributed by atoms with van der Waals surface area (Å²) in [7, 11) is -1.60. The SMILES string of the molecule is CN(CCCOc1cccc(S(C)(=O)=O)c1)C(=O)c1ccc(CN2C(=O)CCC2=O)cc1. The van der Waals surface area contributed by atoms with E-state index in [2.05, 4.69) is 0 Å². The van der Waals surface area contributed by atoms with Gasteiger partial charge in [0.1, 0.15) is 5.75 Å². The summed E-state index contributed by atoms with van der Waals surface area (Å²) in [5, 5.41) is 0. The van der Waals surface area contributed by atoms with Gasteiger partial charge in [0.15, 0.2) is 9.84 Å². The normalized spacial score (nSPS) is 14.0. The third-order valence-electron chi connectivity index (χ3n) is 5.18. The Kier molecular flexibility index (Phi) is 7.29. The second-order valence-electron chi connectivity index (χ2n) is 7.75. The number of ether oxygens (including phenoxy) is 1. The van der Waals surface area contributed by atoms with E-state index >= 15 is 0 Å². The van der Waals surface area contributed by atoms with Crippen LogP contribution in [0.2, 0.25) is 0 Å². The van der Waals surface area contributed by atoms with Crippen LogP contribution in [0.5, 0.6) is 5.75 Å². The summed E-state index contributed by atoms with van der Waals surface area (Å²) in [4.78, 5) is 39.1. The average Bonchev–Trinajstić information content (AvgIpc) is 3.08. The number of rotatable bonds is 9. The molecule has 0 unspecified atom stereocenters. The van der Waals surface area contributed by atoms with Crippen LogP contribution in [-0.2, 0) is 26.0 Å². The number of imide groups is 1. The third-order valence-corrected chi connectivity index (χ3v) is 6.29. The van der Waals surface area contributed by atoms with Crippen molar-refractivity contribution >= 4 is 27.6 Å². The minimum Gasteiger partial charge on any atom is -0.493 e. The van der Waals surface area contributed by atoms with Crippen molar-refractivity contribution in [2.24, 2.45) is 0 Å². The maximum atomic E-state index is 12.6. The standard InChI is InChI=1S/C23H26N2O6S/c1-24(13-4-14-31-19-5-3-6-20(15-19)32(2,29)30)23(28)18-9-7-17(8-10-18)16-25-21(26)11-12-22(25)27/h3,5-10,15H,4,11-14,16H2,1-2H3. The van der Waals surface area contributed by atoms with Crippen LogP contribution >= 0.6 is 0 Å². The molecule has 0 aliphatic carbocycles. The number of nitrogens with zero attached hydrogens (tertiary/aromatic N) is 2. The van der Waals surface area contributed by atoms with E-state index in [1.54, 1.807) is 48.3 Å². The van der Waals surface area contributed by atoms with Gasteiger partial charge in [-0.15, -0.1) is 0 Å². The first-order valence-corrected chi connectivity index (χ1v) is 12.1. The summed E-state index contributed by atoms with van der Waals surface area (Å²) in [5.41, 5.74) is 1.30. The van der Waals surface area contributed by atoms with Crippen molar-refractivity contribution in [1.82, 2.24) is 9.80 Å². The van der Waals surface area contributed by atoms with Crippen LogP contribution in [0, 0.1) is 0 Å². The number of hydrogen-bond donors (Lipinski definition) is 0. The average molecular weight is 459 g/mol. The lowest BCUT2D eigenvalue weighted by Crippen LogP contribution is -2.29. The van der Waals surface area contributed by atoms with E-state index in [-0.39, 0.29) is 42.0 Å². The Bertz CT molecular complexity index is 1100. The zero-order valence-corrected chi connectivity index (χ0v) is 18.9. The van der Waals surface area contributed by atoms with Crippen LogP contribution in [0.1, 0.15) is 35.2 Å². The predicted molar refractivity (Wildman–Crippen MR) is 118 cm³/mol. The van der Waals surface area contributed by atoms with Crippen LogP contribution in [0.4, 0.5) is 0 Å². The smallest absolute Gasteiger partial charge is 0.253 e. The molecule has 1 fully saturated rings. The highest BCUT2D eigenvalue weighted by atomic mass is 32.2. The molecule has 1 aliphatic rings. The molecule has 1 heterocycles. The Morgan fingerprint density at radius 3 is 2.34 bits per heavy atom. The molecule has 0 bridgehead atoms. The van der Waals surface area contributed by atoms with Gasteiger partial charge >= 0.3 is 0 Å². The Morgan fingerprint density at radius 1 is 1.06 bits per heavy atom. The lowest BCUT2D eigenvalue weighted by Gasteiger charge is -2.18. The molecule has 0 atom stereocenters. The Morgan fingerprint density at radius 2 is 1.72 bits per heavy atom. The van der Waals surface area contributed by atoms with E-state index in [4.69, 9.17) is 4.74 Å². The largest absolute Gasteiger partial charge is 0.493 e. The Hall–Kier alpha value is -3.20. The summed E-state index contributed by atoms with van der Waals surface area (Å²) in [5.74, 6) is -0.0169. The van der Waals surface area contributed by atoms with Crippen molar-refractivity contribution in [1.29, 1.82) is 0 Å². The van der Waals surface area contributed by atoms with E-state index in [0.717, 1.165) is 11.8 Å². The second kappa shape index (κ2) is 9.95. The lowest BCUT2D eigenvalue weighted by atomic mass is 10.1. The van der Waals surface area contributed by atoms with Gasteiger partial charge in [0.05, 0.1) is 18.0 Å². The predicted octanol–water partition coefficient (Wildman–Crippen LogP) is 2.28. The van der Waals surface area contributed by atoms with E-state index < -0.39 is 9.84 Å². The van der Waals surface area contributed by atoms with E-state index in [0.29, 0.717) is 30.9 Å². The Labute approximate surface area is 187 Å². The summed E-state index contributed by atoms with van der Waals surface area (Å²) in [6.07, 6.45) is 2.23. The molecule has 3 rings (SSSR count). The van der Waals surface area contributed by atoms with Crippen LogP contribution in [-0.4, -0.2) is 62.4 Å². The maximum absolute atomic E-state index is 12.6. The van der Waals surface area contributed by atoms with Crippen molar-refractivity contribution in [3.63, 3.8) is 0 Å². The summed E-state index contributed by atoms with van der Waals surface area (Å²) >= 11 is 0. The molecular weight excluding hydrogens is 432 g/mol. The number of carbonyl (C=O) groups is 3. The van der Waals surface area contributed by atoms with Crippen molar-refractivity contribution in [3.8, 4) is 5.75 Å². The first-order chi connectivity index (χ1) is 15.1. The van der Waals surface area contributed by atoms with Crippen molar-refractivity contribution < 1.29 is 27.5 Å². The second-order valence-corrected chi connectivity index (χ2v) is 9.76. The zero-order valence-electron chi connectivity index (χ0n) is 18.1. The van der Waals surface area contributed by atoms with Gasteiger partial charge in [-0.25, -0.2) is 8.42 Å². The number of hydrogen-bond acceptors (Lipinski definition) is 6. The van der Waals surface area contributed by atoms with Crippen molar-refractivity contribution in [2.75, 3.05) is 26.5 Å². The van der Waals surface area contributed by atoms with Gasteiger partial charge in [-0.05, 0) is 42.3 Å². The molecule has 2 aromatic carbocycles. The number of amides is 3. The number of benzene rings is 2. The minimum absolute atomic E-state index is 0.149. The van der Waals surface area contributed by atoms with Gasteiger partial charge < -0.3 is 9.64 Å². The van der Waals surface area contributed by atoms with Gasteiger partial charge in [-0.3, -0.25) is 19.3 Å². The van der Waals surface area contributed by atoms with Crippen molar-refractivity contribution in [3.05, 3.63) is 59.7 Å². The van der Waals surface area contributed by atoms with Gasteiger partial charge in [0.25, 0.3) is 5.91 Å². The maximum Gasteiger partial charge on any atom is 0.253 e. The van der Waals surface area contributed by atoms with Crippen LogP contribution in [0.25, 0.3) is 0 Å². The molecule has 0 aromatic heterocycles. The summed E-state index contributed by atoms with van der Waals surface area (Å²) in [6, 6.07) is 13.2. The van der Waals surface area contributed by atoms with Gasteiger partial charge in [-0.2, -0.15) is 0 Å². The molecule has 1 saturated heterocycles. The molecule has 0 N–H and O–H groups in total. The third kappa shape index (κ3) is 5.94. The van der Waals surface area contributed by atoms with Gasteiger partial charge in [0, 0.05) is 38.3 Å². The molecule has 0 spiro atoms. The van der Waals surface area contributed by atoms with Crippen LogP contribution in [0.3, 0.4) is 0 Å². The van der Waals surface area contributed by atoms with Crippen molar-refractivity contribution in [2.45, 2.75) is 30.7 Å². The topological polar surface area (TPSA) is 101 Å². The summed E-state index contributed by atoms with van der Waals surface area (Å²) in [6.45, 7) is 1.02. The molecular formula is C23H26N2O6S. The molecule has 8 nitrogen and oxygen atoms in total. The number of likely N-dealkylation sites (tertiary alicyclic amines) is 1. The van der Waals surface area contributed by atoms with E-state index in [1.165, 1.54) is 17.0 Å². The molecule has 2 aromatic rings. The number of sulfone groups is 1. The minimum atomic E-state index is -3.30. The molecule has 3 amide bonds. The van der Waals surface area contributed by atoms with Crippen LogP contribution < -0.4 is 4.74 Å². The fraction of sp³-hybridized carbons (Fsp3) is 0.348. The molecule has 32 heavy (non-hydrogen) atoms. The lowest BCUT2D eigenvalue weighted by molar-refractivity contribution is -0.139. The Balaban J connectivity index is 1.47. The molecule has 1 aliphatic heterocycles. The molecule has 9 heteroatoms. The fourth-order valence-electron chi connectivity index (χ4n) is 3.34. The first kappa shape index (κ1) is 23.5. The quantitative estimate of drug-likeness (QED) is 0.422. The summed E-state index contributed by atoms with van der Waals surface area (Å²) < 4.78 is 28.8. The molecule has 0 saturated carbocycles. The highest BCUT2D eigenvalue weighted by molar-refractivity contribution is 7.90. The monoisotopic (exact) mass is 458 g/mol. The first-order valence-electron chi connectivity index (χ1n) is 10.3. The van der Waals surface area contributed by atoms with E-state index in [1.807, 2.05) is 0 Å². The van der Waals surface area contributed by atoms with Crippen LogP contribution in [0.15, 0.2) is 53.4 Å². The van der Waals surface area contributed by atoms with Gasteiger partial charge in [0.2, 0.25) is 11.8 Å². The highest BCUT2D eigenvalue weighted by Crippen LogP contribution is 2.18. The van der Waals surface area contributed by atoms with E-state index in [9.17, 15) is 22.8 Å².